The number of hydrogen-bond donors (Lipinski definition) is 0. The van der Waals surface area contributed by atoms with Crippen molar-refractivity contribution in [3.63, 3.8) is 0 Å². The van der Waals surface area contributed by atoms with Gasteiger partial charge in [0.2, 0.25) is 11.8 Å². The number of fused-ring (bicyclic) bond motifs is 1. The average molecular weight is 520 g/mol. The second kappa shape index (κ2) is 13.1. The summed E-state index contributed by atoms with van der Waals surface area (Å²) >= 11 is 0. The maximum atomic E-state index is 6.47. The molecule has 0 atom stereocenters. The van der Waals surface area contributed by atoms with Crippen LogP contribution < -0.4 is 9.47 Å². The fraction of sp³-hybridized carbons (Fsp3) is 0.783. The van der Waals surface area contributed by atoms with Crippen molar-refractivity contribution in [1.29, 1.82) is 0 Å². The lowest BCUT2D eigenvalue weighted by atomic mass is 9.89. The summed E-state index contributed by atoms with van der Waals surface area (Å²) in [6.07, 6.45) is 10.7. The van der Waals surface area contributed by atoms with Gasteiger partial charge in [-0.05, 0) is 52.6 Å². The van der Waals surface area contributed by atoms with Crippen molar-refractivity contribution in [3.05, 3.63) is 11.9 Å². The fourth-order valence-corrected chi connectivity index (χ4v) is 5.06. The van der Waals surface area contributed by atoms with Gasteiger partial charge in [0.1, 0.15) is 12.2 Å². The second-order valence-corrected chi connectivity index (χ2v) is 9.69. The Morgan fingerprint density at radius 3 is 1.91 bits per heavy atom. The van der Waals surface area contributed by atoms with Gasteiger partial charge in [0, 0.05) is 32.1 Å². The maximum Gasteiger partial charge on any atom is 0.259 e. The Hall–Kier alpha value is -1.39. The van der Waals surface area contributed by atoms with Crippen LogP contribution in [0.4, 0.5) is 0 Å². The van der Waals surface area contributed by atoms with Gasteiger partial charge in [-0.15, -0.1) is 29.9 Å². The molecule has 3 fully saturated rings. The lowest BCUT2D eigenvalue weighted by Gasteiger charge is -2.30. The molecule has 5 rings (SSSR count). The van der Waals surface area contributed by atoms with Gasteiger partial charge in [0.05, 0.1) is 6.07 Å². The summed E-state index contributed by atoms with van der Waals surface area (Å²) in [6, 6.07) is 1.93. The molecular weight excluding hydrogens is 479 g/mol. The van der Waals surface area contributed by atoms with Crippen LogP contribution in [-0.2, 0) is 0 Å². The van der Waals surface area contributed by atoms with Crippen molar-refractivity contribution in [2.45, 2.75) is 75.9 Å². The minimum Gasteiger partial charge on any atom is -0.474 e. The molecule has 2 aliphatic heterocycles. The van der Waals surface area contributed by atoms with Crippen LogP contribution in [0.15, 0.2) is 6.07 Å². The Morgan fingerprint density at radius 2 is 1.32 bits per heavy atom. The predicted molar refractivity (Wildman–Crippen MR) is 137 cm³/mol. The molecule has 0 spiro atoms. The molecule has 4 heterocycles. The lowest BCUT2D eigenvalue weighted by Crippen LogP contribution is -2.36. The summed E-state index contributed by atoms with van der Waals surface area (Å²) in [5, 5.41) is 4.86. The quantitative estimate of drug-likeness (QED) is 0.599. The zero-order valence-electron chi connectivity index (χ0n) is 20.3. The van der Waals surface area contributed by atoms with Gasteiger partial charge < -0.3 is 24.7 Å². The number of likely N-dealkylation sites (tertiary alicyclic amines) is 2. The monoisotopic (exact) mass is 518 g/mol. The Balaban J connectivity index is 0.00000136. The van der Waals surface area contributed by atoms with E-state index in [1.807, 2.05) is 10.6 Å². The first-order chi connectivity index (χ1) is 15.1. The molecule has 194 valence electrons. The van der Waals surface area contributed by atoms with E-state index in [2.05, 4.69) is 23.9 Å². The Kier molecular flexibility index (Phi) is 11.1. The summed E-state index contributed by atoms with van der Waals surface area (Å²) in [6.45, 7) is 4.23. The summed E-state index contributed by atoms with van der Waals surface area (Å²) in [7, 11) is 4.33. The molecule has 0 unspecified atom stereocenters. The molecule has 2 N–H and O–H groups in total. The van der Waals surface area contributed by atoms with Crippen LogP contribution in [0.2, 0.25) is 0 Å². The van der Waals surface area contributed by atoms with Gasteiger partial charge >= 0.3 is 0 Å². The van der Waals surface area contributed by atoms with Gasteiger partial charge in [0.25, 0.3) is 5.78 Å². The molecule has 2 saturated heterocycles. The van der Waals surface area contributed by atoms with Crippen molar-refractivity contribution >= 4 is 30.6 Å². The second-order valence-electron chi connectivity index (χ2n) is 9.69. The van der Waals surface area contributed by atoms with Crippen molar-refractivity contribution in [2.75, 3.05) is 40.3 Å². The minimum atomic E-state index is 0. The Bertz CT molecular complexity index is 879. The van der Waals surface area contributed by atoms with Crippen LogP contribution in [0.25, 0.3) is 5.78 Å². The number of aromatic nitrogens is 4. The van der Waals surface area contributed by atoms with Crippen LogP contribution >= 0.6 is 24.8 Å². The van der Waals surface area contributed by atoms with Gasteiger partial charge in [-0.2, -0.15) is 14.5 Å². The molecule has 3 aliphatic rings. The summed E-state index contributed by atoms with van der Waals surface area (Å²) < 4.78 is 14.6. The molecule has 9 nitrogen and oxygen atoms in total. The molecule has 2 aromatic heterocycles. The van der Waals surface area contributed by atoms with Crippen LogP contribution in [0.3, 0.4) is 0 Å². The number of piperidine rings is 2. The van der Waals surface area contributed by atoms with E-state index in [1.165, 1.54) is 32.1 Å². The third-order valence-electron chi connectivity index (χ3n) is 7.15. The third-order valence-corrected chi connectivity index (χ3v) is 7.15. The van der Waals surface area contributed by atoms with Gasteiger partial charge in [-0.25, -0.2) is 0 Å². The number of hydrogen-bond acceptors (Lipinski definition) is 7. The number of ether oxygens (including phenoxy) is 2. The van der Waals surface area contributed by atoms with E-state index in [0.717, 1.165) is 63.6 Å². The summed E-state index contributed by atoms with van der Waals surface area (Å²) in [5.74, 6) is 3.29. The first kappa shape index (κ1) is 28.8. The highest BCUT2D eigenvalue weighted by Gasteiger charge is 2.25. The molecule has 2 aromatic rings. The highest BCUT2D eigenvalue weighted by Crippen LogP contribution is 2.32. The van der Waals surface area contributed by atoms with Crippen molar-refractivity contribution in [1.82, 2.24) is 29.4 Å². The number of nitrogens with zero attached hydrogens (tertiary/aromatic N) is 6. The van der Waals surface area contributed by atoms with Crippen LogP contribution in [0.5, 0.6) is 11.8 Å². The molecule has 0 aromatic carbocycles. The standard InChI is InChI=1S/C23H36N6O2.2ClH.H2O/c1-27-12-8-18(9-13-27)30-20-16-21(31-19-10-14-28(2)15-11-19)29-23(24-20)25-22(26-29)17-6-4-3-5-7-17;;;/h16-19H,3-15H2,1-2H3;2*1H;1H2. The molecule has 11 heteroatoms. The van der Waals surface area contributed by atoms with Crippen molar-refractivity contribution in [2.24, 2.45) is 0 Å². The van der Waals surface area contributed by atoms with E-state index in [9.17, 15) is 0 Å². The normalized spacial score (nSPS) is 21.4. The van der Waals surface area contributed by atoms with Crippen molar-refractivity contribution in [3.8, 4) is 11.8 Å². The van der Waals surface area contributed by atoms with E-state index in [-0.39, 0.29) is 42.5 Å². The summed E-state index contributed by atoms with van der Waals surface area (Å²) in [5.41, 5.74) is 0. The Labute approximate surface area is 214 Å². The molecule has 0 amide bonds. The lowest BCUT2D eigenvalue weighted by molar-refractivity contribution is 0.100. The summed E-state index contributed by atoms with van der Waals surface area (Å²) in [4.78, 5) is 14.3. The van der Waals surface area contributed by atoms with Gasteiger partial charge in [0.15, 0.2) is 5.82 Å². The third kappa shape index (κ3) is 6.85. The van der Waals surface area contributed by atoms with Crippen LogP contribution in [0, 0.1) is 0 Å². The first-order valence-corrected chi connectivity index (χ1v) is 12.1. The smallest absolute Gasteiger partial charge is 0.259 e. The molecule has 1 aliphatic carbocycles. The van der Waals surface area contributed by atoms with Crippen molar-refractivity contribution < 1.29 is 14.9 Å². The zero-order valence-corrected chi connectivity index (χ0v) is 22.0. The van der Waals surface area contributed by atoms with E-state index in [1.54, 1.807) is 0 Å². The molecule has 0 radical (unpaired) electrons. The number of rotatable bonds is 5. The van der Waals surface area contributed by atoms with Crippen LogP contribution in [-0.4, -0.2) is 87.3 Å². The van der Waals surface area contributed by atoms with E-state index in [4.69, 9.17) is 24.5 Å². The molecule has 1 saturated carbocycles. The van der Waals surface area contributed by atoms with E-state index in [0.29, 0.717) is 17.6 Å². The van der Waals surface area contributed by atoms with Gasteiger partial charge in [-0.3, -0.25) is 0 Å². The van der Waals surface area contributed by atoms with E-state index >= 15 is 0 Å². The fourth-order valence-electron chi connectivity index (χ4n) is 5.06. The molecule has 34 heavy (non-hydrogen) atoms. The number of halogens is 2. The minimum absolute atomic E-state index is 0. The highest BCUT2D eigenvalue weighted by atomic mass is 35.5. The SMILES string of the molecule is CN1CCC(Oc2cc(OC3CCN(C)CC3)n3nc(C4CCCCC4)nc3n2)CC1.Cl.Cl.O. The van der Waals surface area contributed by atoms with Gasteiger partial charge in [-0.1, -0.05) is 19.3 Å². The van der Waals surface area contributed by atoms with E-state index < -0.39 is 0 Å². The zero-order chi connectivity index (χ0) is 21.2. The highest BCUT2D eigenvalue weighted by molar-refractivity contribution is 5.85. The predicted octanol–water partition coefficient (Wildman–Crippen LogP) is 3.14. The first-order valence-electron chi connectivity index (χ1n) is 12.1. The average Bonchev–Trinajstić information content (AvgIpc) is 3.22. The maximum absolute atomic E-state index is 6.47. The Morgan fingerprint density at radius 1 is 0.765 bits per heavy atom. The topological polar surface area (TPSA) is 99.5 Å². The largest absolute Gasteiger partial charge is 0.474 e. The van der Waals surface area contributed by atoms with Crippen LogP contribution in [0.1, 0.15) is 69.5 Å². The molecular formula is C23H40Cl2N6O3. The molecule has 0 bridgehead atoms.